The number of thioether (sulfide) groups is 1. The van der Waals surface area contributed by atoms with E-state index in [1.807, 2.05) is 22.5 Å². The first-order valence-electron chi connectivity index (χ1n) is 10.2. The first-order chi connectivity index (χ1) is 13.5. The van der Waals surface area contributed by atoms with Crippen LogP contribution in [0, 0.1) is 5.82 Å². The molecule has 0 unspecified atom stereocenters. The number of hydrogen-bond donors (Lipinski definition) is 0. The van der Waals surface area contributed by atoms with Gasteiger partial charge in [-0.3, -0.25) is 9.36 Å². The van der Waals surface area contributed by atoms with E-state index in [-0.39, 0.29) is 29.1 Å². The van der Waals surface area contributed by atoms with E-state index in [1.54, 1.807) is 12.1 Å². The maximum Gasteiger partial charge on any atom is 0.236 e. The van der Waals surface area contributed by atoms with E-state index in [9.17, 15) is 9.18 Å². The fourth-order valence-electron chi connectivity index (χ4n) is 4.12. The van der Waals surface area contributed by atoms with Crippen LogP contribution in [-0.2, 0) is 4.79 Å². The molecular weight excluding hydrogens is 375 g/mol. The zero-order valence-corrected chi connectivity index (χ0v) is 17.5. The Balaban J connectivity index is 1.58. The molecule has 0 N–H and O–H groups in total. The Hall–Kier alpha value is -1.89. The predicted octanol–water partition coefficient (Wildman–Crippen LogP) is 4.69. The quantitative estimate of drug-likeness (QED) is 0.681. The van der Waals surface area contributed by atoms with Crippen LogP contribution in [0.2, 0.25) is 0 Å². The number of likely N-dealkylation sites (tertiary alicyclic amines) is 1. The van der Waals surface area contributed by atoms with Crippen LogP contribution in [0.5, 0.6) is 0 Å². The third-order valence-electron chi connectivity index (χ3n) is 5.77. The van der Waals surface area contributed by atoms with E-state index in [2.05, 4.69) is 24.0 Å². The first-order valence-corrected chi connectivity index (χ1v) is 11.0. The highest BCUT2D eigenvalue weighted by molar-refractivity contribution is 8.00. The van der Waals surface area contributed by atoms with Gasteiger partial charge in [0.25, 0.3) is 0 Å². The van der Waals surface area contributed by atoms with Gasteiger partial charge in [-0.1, -0.05) is 23.9 Å². The zero-order chi connectivity index (χ0) is 19.8. The summed E-state index contributed by atoms with van der Waals surface area (Å²) in [6, 6.07) is 7.50. The molecule has 1 aromatic carbocycles. The summed E-state index contributed by atoms with van der Waals surface area (Å²) in [5.41, 5.74) is 0.464. The fourth-order valence-corrected chi connectivity index (χ4v) is 5.10. The van der Waals surface area contributed by atoms with Gasteiger partial charge in [-0.2, -0.15) is 0 Å². The number of amides is 1. The maximum absolute atomic E-state index is 14.3. The number of benzene rings is 1. The van der Waals surface area contributed by atoms with Crippen molar-refractivity contribution in [2.75, 3.05) is 0 Å². The first kappa shape index (κ1) is 19.4. The standard InChI is InChI=1S/C21H27FN4OS/c1-13-7-6-8-14(2)25(13)20(27)15(3)28-21-24-23-19(26(21)16-11-12-16)17-9-4-5-10-18(17)22/h4-5,9-10,13-16H,6-8,11-12H2,1-3H3/t13-,14-,15+/m1/s1. The Morgan fingerprint density at radius 2 is 1.82 bits per heavy atom. The average molecular weight is 403 g/mol. The number of aromatic nitrogens is 3. The number of rotatable bonds is 5. The fraction of sp³-hybridized carbons (Fsp3) is 0.571. The van der Waals surface area contributed by atoms with E-state index >= 15 is 0 Å². The molecule has 7 heteroatoms. The highest BCUT2D eigenvalue weighted by Gasteiger charge is 2.35. The molecule has 1 aliphatic heterocycles. The van der Waals surface area contributed by atoms with Crippen molar-refractivity contribution in [3.63, 3.8) is 0 Å². The zero-order valence-electron chi connectivity index (χ0n) is 16.6. The summed E-state index contributed by atoms with van der Waals surface area (Å²) in [6.45, 7) is 6.21. The molecule has 4 rings (SSSR count). The van der Waals surface area contributed by atoms with Crippen molar-refractivity contribution in [1.82, 2.24) is 19.7 Å². The van der Waals surface area contributed by atoms with E-state index in [0.717, 1.165) is 25.7 Å². The van der Waals surface area contributed by atoms with Gasteiger partial charge in [-0.25, -0.2) is 4.39 Å². The molecule has 0 bridgehead atoms. The summed E-state index contributed by atoms with van der Waals surface area (Å²) < 4.78 is 16.3. The van der Waals surface area contributed by atoms with Gasteiger partial charge >= 0.3 is 0 Å². The SMILES string of the molecule is C[C@H](Sc1nnc(-c2ccccc2F)n1C1CC1)C(=O)N1[C@H](C)CCC[C@H]1C. The lowest BCUT2D eigenvalue weighted by molar-refractivity contribution is -0.136. The number of piperidine rings is 1. The maximum atomic E-state index is 14.3. The highest BCUT2D eigenvalue weighted by Crippen LogP contribution is 2.42. The lowest BCUT2D eigenvalue weighted by Gasteiger charge is -2.40. The lowest BCUT2D eigenvalue weighted by atomic mass is 9.97. The normalized spacial score (nSPS) is 23.6. The summed E-state index contributed by atoms with van der Waals surface area (Å²) in [5, 5.41) is 9.09. The van der Waals surface area contributed by atoms with Gasteiger partial charge in [0.2, 0.25) is 5.91 Å². The van der Waals surface area contributed by atoms with Gasteiger partial charge in [0.05, 0.1) is 10.8 Å². The molecule has 2 aromatic rings. The van der Waals surface area contributed by atoms with Gasteiger partial charge in [0.15, 0.2) is 11.0 Å². The summed E-state index contributed by atoms with van der Waals surface area (Å²) in [7, 11) is 0. The summed E-state index contributed by atoms with van der Waals surface area (Å²) in [5.74, 6) is 0.415. The topological polar surface area (TPSA) is 51.0 Å². The minimum Gasteiger partial charge on any atom is -0.336 e. The Bertz CT molecular complexity index is 856. The molecule has 1 saturated heterocycles. The van der Waals surface area contributed by atoms with Gasteiger partial charge in [-0.05, 0) is 65.0 Å². The molecule has 28 heavy (non-hydrogen) atoms. The van der Waals surface area contributed by atoms with E-state index in [0.29, 0.717) is 22.6 Å². The van der Waals surface area contributed by atoms with Gasteiger partial charge in [0.1, 0.15) is 5.82 Å². The highest BCUT2D eigenvalue weighted by atomic mass is 32.2. The molecule has 5 nitrogen and oxygen atoms in total. The average Bonchev–Trinajstić information content (AvgIpc) is 3.42. The van der Waals surface area contributed by atoms with Crippen molar-refractivity contribution in [2.45, 2.75) is 81.4 Å². The van der Waals surface area contributed by atoms with Crippen LogP contribution < -0.4 is 0 Å². The van der Waals surface area contributed by atoms with Crippen LogP contribution in [0.4, 0.5) is 4.39 Å². The van der Waals surface area contributed by atoms with Crippen molar-refractivity contribution in [1.29, 1.82) is 0 Å². The second-order valence-electron chi connectivity index (χ2n) is 8.02. The third kappa shape index (κ3) is 3.69. The molecule has 1 amide bonds. The molecular formula is C21H27FN4OS. The Labute approximate surface area is 169 Å². The summed E-state index contributed by atoms with van der Waals surface area (Å²) in [6.07, 6.45) is 5.37. The minimum atomic E-state index is -0.298. The van der Waals surface area contributed by atoms with Crippen molar-refractivity contribution in [2.24, 2.45) is 0 Å². The Morgan fingerprint density at radius 3 is 2.46 bits per heavy atom. The Morgan fingerprint density at radius 1 is 1.14 bits per heavy atom. The number of halogens is 1. The largest absolute Gasteiger partial charge is 0.336 e. The number of carbonyl (C=O) groups is 1. The van der Waals surface area contributed by atoms with Crippen LogP contribution in [0.25, 0.3) is 11.4 Å². The molecule has 3 atom stereocenters. The van der Waals surface area contributed by atoms with Crippen LogP contribution >= 0.6 is 11.8 Å². The van der Waals surface area contributed by atoms with Crippen molar-refractivity contribution in [3.05, 3.63) is 30.1 Å². The summed E-state index contributed by atoms with van der Waals surface area (Å²) in [4.78, 5) is 15.2. The van der Waals surface area contributed by atoms with Crippen LogP contribution in [-0.4, -0.2) is 42.9 Å². The lowest BCUT2D eigenvalue weighted by Crippen LogP contribution is -2.50. The smallest absolute Gasteiger partial charge is 0.236 e. The molecule has 0 radical (unpaired) electrons. The van der Waals surface area contributed by atoms with E-state index in [1.165, 1.54) is 24.2 Å². The molecule has 2 aliphatic rings. The van der Waals surface area contributed by atoms with Gasteiger partial charge in [0, 0.05) is 18.1 Å². The van der Waals surface area contributed by atoms with Crippen molar-refractivity contribution >= 4 is 17.7 Å². The molecule has 2 heterocycles. The summed E-state index contributed by atoms with van der Waals surface area (Å²) >= 11 is 1.44. The van der Waals surface area contributed by atoms with E-state index in [4.69, 9.17) is 0 Å². The van der Waals surface area contributed by atoms with Crippen molar-refractivity contribution < 1.29 is 9.18 Å². The third-order valence-corrected chi connectivity index (χ3v) is 6.81. The van der Waals surface area contributed by atoms with E-state index < -0.39 is 0 Å². The number of nitrogens with zero attached hydrogens (tertiary/aromatic N) is 4. The molecule has 2 fully saturated rings. The molecule has 0 spiro atoms. The molecule has 1 aliphatic carbocycles. The number of carbonyl (C=O) groups excluding carboxylic acids is 1. The van der Waals surface area contributed by atoms with Crippen LogP contribution in [0.1, 0.15) is 58.9 Å². The van der Waals surface area contributed by atoms with Gasteiger partial charge in [-0.15, -0.1) is 10.2 Å². The van der Waals surface area contributed by atoms with Crippen molar-refractivity contribution in [3.8, 4) is 11.4 Å². The minimum absolute atomic E-state index is 0.155. The molecule has 1 aromatic heterocycles. The Kier molecular flexibility index (Phi) is 5.45. The van der Waals surface area contributed by atoms with Crippen LogP contribution in [0.3, 0.4) is 0 Å². The molecule has 1 saturated carbocycles. The monoisotopic (exact) mass is 402 g/mol. The number of hydrogen-bond acceptors (Lipinski definition) is 4. The van der Waals surface area contributed by atoms with Crippen LogP contribution in [0.15, 0.2) is 29.4 Å². The second kappa shape index (κ2) is 7.85. The molecule has 150 valence electrons. The van der Waals surface area contributed by atoms with Gasteiger partial charge < -0.3 is 4.90 Å². The second-order valence-corrected chi connectivity index (χ2v) is 9.33. The predicted molar refractivity (Wildman–Crippen MR) is 109 cm³/mol.